The van der Waals surface area contributed by atoms with Crippen LogP contribution < -0.4 is 16.2 Å². The lowest BCUT2D eigenvalue weighted by Crippen LogP contribution is -2.46. The molecule has 0 radical (unpaired) electrons. The fourth-order valence-corrected chi connectivity index (χ4v) is 5.62. The van der Waals surface area contributed by atoms with Crippen molar-refractivity contribution in [2.75, 3.05) is 12.4 Å². The SMILES string of the molecule is COC(=O)Nc1cnc(-c2ccccc2)n(CC(=O)NC(C(=O)c2nnc(C3(c4ccc(F)cc4)CCCC3)o2)C(C)C)c1=O. The van der Waals surface area contributed by atoms with Gasteiger partial charge in [0.05, 0.1) is 24.8 Å². The molecular weight excluding hydrogens is 583 g/mol. The minimum Gasteiger partial charge on any atom is -0.453 e. The summed E-state index contributed by atoms with van der Waals surface area (Å²) in [7, 11) is 1.15. The van der Waals surface area contributed by atoms with E-state index >= 15 is 0 Å². The zero-order valence-electron chi connectivity index (χ0n) is 25.1. The molecule has 2 heterocycles. The molecule has 45 heavy (non-hydrogen) atoms. The summed E-state index contributed by atoms with van der Waals surface area (Å²) in [4.78, 5) is 56.5. The van der Waals surface area contributed by atoms with Crippen LogP contribution in [0.15, 0.2) is 70.0 Å². The van der Waals surface area contributed by atoms with E-state index in [2.05, 4.69) is 30.6 Å². The highest BCUT2D eigenvalue weighted by Crippen LogP contribution is 2.45. The molecule has 1 unspecified atom stereocenters. The molecule has 1 aliphatic carbocycles. The summed E-state index contributed by atoms with van der Waals surface area (Å²) in [6, 6.07) is 13.8. The van der Waals surface area contributed by atoms with Crippen molar-refractivity contribution in [1.82, 2.24) is 25.1 Å². The van der Waals surface area contributed by atoms with Gasteiger partial charge in [0.25, 0.3) is 11.4 Å². The molecule has 2 aromatic heterocycles. The second kappa shape index (κ2) is 13.2. The minimum atomic E-state index is -1.06. The van der Waals surface area contributed by atoms with Crippen molar-refractivity contribution < 1.29 is 27.9 Å². The Morgan fingerprint density at radius 1 is 1.04 bits per heavy atom. The van der Waals surface area contributed by atoms with Crippen LogP contribution in [-0.4, -0.2) is 50.7 Å². The first kappa shape index (κ1) is 31.2. The highest BCUT2D eigenvalue weighted by Gasteiger charge is 2.43. The zero-order valence-corrected chi connectivity index (χ0v) is 25.1. The van der Waals surface area contributed by atoms with Crippen LogP contribution in [0, 0.1) is 11.7 Å². The number of anilines is 1. The molecule has 0 saturated heterocycles. The van der Waals surface area contributed by atoms with Gasteiger partial charge in [0.2, 0.25) is 17.6 Å². The van der Waals surface area contributed by atoms with E-state index in [0.29, 0.717) is 18.4 Å². The first-order valence-corrected chi connectivity index (χ1v) is 14.6. The number of amides is 2. The van der Waals surface area contributed by atoms with E-state index in [9.17, 15) is 23.6 Å². The predicted molar refractivity (Wildman–Crippen MR) is 161 cm³/mol. The molecule has 1 aliphatic rings. The Morgan fingerprint density at radius 2 is 1.73 bits per heavy atom. The fourth-order valence-electron chi connectivity index (χ4n) is 5.62. The largest absolute Gasteiger partial charge is 0.453 e. The van der Waals surface area contributed by atoms with Crippen LogP contribution >= 0.6 is 0 Å². The number of hydrogen-bond donors (Lipinski definition) is 2. The number of hydrogen-bond acceptors (Lipinski definition) is 9. The Bertz CT molecular complexity index is 1750. The number of aromatic nitrogens is 4. The Labute approximate surface area is 258 Å². The molecule has 1 saturated carbocycles. The van der Waals surface area contributed by atoms with Gasteiger partial charge in [-0.2, -0.15) is 0 Å². The number of nitrogens with zero attached hydrogens (tertiary/aromatic N) is 4. The molecule has 0 aliphatic heterocycles. The van der Waals surface area contributed by atoms with E-state index in [1.54, 1.807) is 56.3 Å². The lowest BCUT2D eigenvalue weighted by atomic mass is 9.79. The summed E-state index contributed by atoms with van der Waals surface area (Å²) in [5, 5.41) is 13.3. The van der Waals surface area contributed by atoms with Crippen molar-refractivity contribution >= 4 is 23.5 Å². The molecule has 5 rings (SSSR count). The van der Waals surface area contributed by atoms with Gasteiger partial charge >= 0.3 is 6.09 Å². The van der Waals surface area contributed by atoms with Gasteiger partial charge in [0, 0.05) is 5.56 Å². The summed E-state index contributed by atoms with van der Waals surface area (Å²) in [6.07, 6.45) is 3.53. The summed E-state index contributed by atoms with van der Waals surface area (Å²) in [5.74, 6) is -1.79. The molecule has 13 heteroatoms. The van der Waals surface area contributed by atoms with Crippen LogP contribution in [-0.2, 0) is 21.5 Å². The summed E-state index contributed by atoms with van der Waals surface area (Å²) in [5.41, 5.74) is -0.132. The Balaban J connectivity index is 1.40. The van der Waals surface area contributed by atoms with Gasteiger partial charge in [-0.3, -0.25) is 24.3 Å². The van der Waals surface area contributed by atoms with Gasteiger partial charge in [-0.15, -0.1) is 10.2 Å². The highest BCUT2D eigenvalue weighted by molar-refractivity contribution is 5.98. The number of benzene rings is 2. The van der Waals surface area contributed by atoms with E-state index in [1.165, 1.54) is 18.3 Å². The van der Waals surface area contributed by atoms with Crippen LogP contribution in [0.1, 0.15) is 61.7 Å². The van der Waals surface area contributed by atoms with Gasteiger partial charge in [-0.25, -0.2) is 14.2 Å². The van der Waals surface area contributed by atoms with E-state index in [4.69, 9.17) is 4.42 Å². The average molecular weight is 617 g/mol. The summed E-state index contributed by atoms with van der Waals surface area (Å²) in [6.45, 7) is 2.99. The minimum absolute atomic E-state index is 0.183. The molecule has 2 N–H and O–H groups in total. The van der Waals surface area contributed by atoms with Crippen molar-refractivity contribution in [3.63, 3.8) is 0 Å². The fraction of sp³-hybridized carbons (Fsp3) is 0.344. The summed E-state index contributed by atoms with van der Waals surface area (Å²) >= 11 is 0. The topological polar surface area (TPSA) is 158 Å². The van der Waals surface area contributed by atoms with E-state index in [1.807, 2.05) is 0 Å². The number of ketones is 1. The van der Waals surface area contributed by atoms with Crippen LogP contribution in [0.3, 0.4) is 0 Å². The standard InChI is InChI=1S/C32H33FN6O6/c1-19(2)25(26(41)28-37-38-30(45-28)32(15-7-8-16-32)21-11-13-22(33)14-12-21)36-24(40)18-39-27(20-9-5-4-6-10-20)34-17-23(29(39)42)35-31(43)44-3/h4-6,9-14,17,19,25H,7-8,15-16,18H2,1-3H3,(H,35,43)(H,36,40). The Morgan fingerprint density at radius 3 is 2.38 bits per heavy atom. The summed E-state index contributed by atoms with van der Waals surface area (Å²) < 4.78 is 25.3. The van der Waals surface area contributed by atoms with Crippen LogP contribution in [0.5, 0.6) is 0 Å². The first-order valence-electron chi connectivity index (χ1n) is 14.6. The second-order valence-electron chi connectivity index (χ2n) is 11.2. The van der Waals surface area contributed by atoms with Crippen molar-refractivity contribution in [3.05, 3.63) is 94.3 Å². The van der Waals surface area contributed by atoms with Gasteiger partial charge in [-0.1, -0.05) is 69.2 Å². The van der Waals surface area contributed by atoms with Crippen LogP contribution in [0.2, 0.25) is 0 Å². The molecule has 1 atom stereocenters. The third-order valence-corrected chi connectivity index (χ3v) is 7.97. The van der Waals surface area contributed by atoms with Crippen LogP contribution in [0.25, 0.3) is 11.4 Å². The molecule has 0 spiro atoms. The van der Waals surface area contributed by atoms with Crippen molar-refractivity contribution in [2.24, 2.45) is 5.92 Å². The van der Waals surface area contributed by atoms with E-state index in [0.717, 1.165) is 30.1 Å². The molecule has 0 bridgehead atoms. The highest BCUT2D eigenvalue weighted by atomic mass is 19.1. The quantitative estimate of drug-likeness (QED) is 0.245. The molecule has 2 amide bonds. The smallest absolute Gasteiger partial charge is 0.411 e. The van der Waals surface area contributed by atoms with E-state index in [-0.39, 0.29) is 35.0 Å². The number of ether oxygens (including phenoxy) is 1. The Kier molecular flexibility index (Phi) is 9.16. The number of Topliss-reactive ketones (excluding diaryl/α,β-unsaturated/α-hetero) is 1. The number of methoxy groups -OCH3 is 1. The number of carbonyl (C=O) groups excluding carboxylic acids is 3. The van der Waals surface area contributed by atoms with Crippen molar-refractivity contribution in [2.45, 2.75) is 57.5 Å². The number of rotatable bonds is 10. The number of halogens is 1. The first-order chi connectivity index (χ1) is 21.6. The maximum absolute atomic E-state index is 13.7. The molecule has 234 valence electrons. The Hall–Kier alpha value is -5.20. The maximum atomic E-state index is 13.7. The molecular formula is C32H33FN6O6. The third kappa shape index (κ3) is 6.52. The van der Waals surface area contributed by atoms with Gasteiger partial charge in [0.1, 0.15) is 23.9 Å². The molecule has 2 aromatic carbocycles. The van der Waals surface area contributed by atoms with Crippen molar-refractivity contribution in [1.29, 1.82) is 0 Å². The van der Waals surface area contributed by atoms with Gasteiger partial charge < -0.3 is 14.5 Å². The van der Waals surface area contributed by atoms with Gasteiger partial charge in [0.15, 0.2) is 0 Å². The van der Waals surface area contributed by atoms with Crippen LogP contribution in [0.4, 0.5) is 14.9 Å². The van der Waals surface area contributed by atoms with Gasteiger partial charge in [-0.05, 0) is 36.5 Å². The predicted octanol–water partition coefficient (Wildman–Crippen LogP) is 4.49. The number of nitrogens with one attached hydrogen (secondary N) is 2. The lowest BCUT2D eigenvalue weighted by molar-refractivity contribution is -0.122. The zero-order chi connectivity index (χ0) is 32.1. The van der Waals surface area contributed by atoms with E-state index < -0.39 is 41.3 Å². The molecule has 1 fully saturated rings. The maximum Gasteiger partial charge on any atom is 0.411 e. The monoisotopic (exact) mass is 616 g/mol. The average Bonchev–Trinajstić information content (AvgIpc) is 3.74. The normalized spacial score (nSPS) is 14.6. The number of carbonyl (C=O) groups is 3. The molecule has 12 nitrogen and oxygen atoms in total. The van der Waals surface area contributed by atoms with Crippen molar-refractivity contribution in [3.8, 4) is 11.4 Å². The second-order valence-corrected chi connectivity index (χ2v) is 11.2. The third-order valence-electron chi connectivity index (χ3n) is 7.97. The lowest BCUT2D eigenvalue weighted by Gasteiger charge is -2.25. The molecule has 4 aromatic rings.